The van der Waals surface area contributed by atoms with E-state index in [0.29, 0.717) is 29.6 Å². The molecule has 6 nitrogen and oxygen atoms in total. The number of carbonyl (C=O) groups is 1. The van der Waals surface area contributed by atoms with Gasteiger partial charge in [-0.05, 0) is 49.4 Å². The monoisotopic (exact) mass is 386 g/mol. The predicted octanol–water partition coefficient (Wildman–Crippen LogP) is 3.81. The summed E-state index contributed by atoms with van der Waals surface area (Å²) in [5.41, 5.74) is 1.84. The number of furan rings is 1. The molecule has 0 aliphatic heterocycles. The zero-order valence-corrected chi connectivity index (χ0v) is 14.5. The van der Waals surface area contributed by atoms with Crippen LogP contribution in [0.2, 0.25) is 0 Å². The fraction of sp³-hybridized carbons (Fsp3) is 0.118. The molecule has 3 aromatic rings. The fourth-order valence-electron chi connectivity index (χ4n) is 2.07. The third-order valence-electron chi connectivity index (χ3n) is 3.19. The molecule has 2 N–H and O–H groups in total. The number of carbonyl (C=O) groups excluding carboxylic acids is 1. The van der Waals surface area contributed by atoms with Gasteiger partial charge in [-0.1, -0.05) is 15.9 Å². The molecule has 0 saturated heterocycles. The minimum Gasteiger partial charge on any atom is -0.467 e. The molecule has 0 aliphatic carbocycles. The summed E-state index contributed by atoms with van der Waals surface area (Å²) in [6.07, 6.45) is 1.57. The normalized spacial score (nSPS) is 10.4. The summed E-state index contributed by atoms with van der Waals surface area (Å²) in [5, 5.41) is 5.87. The highest BCUT2D eigenvalue weighted by molar-refractivity contribution is 9.10. The van der Waals surface area contributed by atoms with Crippen LogP contribution < -0.4 is 10.6 Å². The third-order valence-corrected chi connectivity index (χ3v) is 3.72. The maximum atomic E-state index is 12.3. The SMILES string of the molecule is Cc1cc(C(=O)NCc2ccco2)nc(Nc2ccc(Br)cc2)n1. The Labute approximate surface area is 147 Å². The van der Waals surface area contributed by atoms with Gasteiger partial charge in [0.1, 0.15) is 11.5 Å². The first kappa shape index (κ1) is 16.2. The van der Waals surface area contributed by atoms with Gasteiger partial charge in [0.2, 0.25) is 5.95 Å². The minimum atomic E-state index is -0.282. The first-order valence-corrected chi connectivity index (χ1v) is 8.08. The molecule has 2 aromatic heterocycles. The highest BCUT2D eigenvalue weighted by Crippen LogP contribution is 2.17. The van der Waals surface area contributed by atoms with Crippen molar-refractivity contribution in [3.63, 3.8) is 0 Å². The van der Waals surface area contributed by atoms with E-state index < -0.39 is 0 Å². The summed E-state index contributed by atoms with van der Waals surface area (Å²) < 4.78 is 6.17. The lowest BCUT2D eigenvalue weighted by Crippen LogP contribution is -2.24. The zero-order valence-electron chi connectivity index (χ0n) is 12.9. The molecule has 0 aliphatic rings. The molecule has 122 valence electrons. The Hall–Kier alpha value is -2.67. The lowest BCUT2D eigenvalue weighted by molar-refractivity contribution is 0.0943. The number of benzene rings is 1. The van der Waals surface area contributed by atoms with Gasteiger partial charge in [-0.2, -0.15) is 0 Å². The largest absolute Gasteiger partial charge is 0.467 e. The van der Waals surface area contributed by atoms with Crippen molar-refractivity contribution in [3.8, 4) is 0 Å². The van der Waals surface area contributed by atoms with Crippen molar-refractivity contribution >= 4 is 33.5 Å². The van der Waals surface area contributed by atoms with Gasteiger partial charge in [0.15, 0.2) is 0 Å². The van der Waals surface area contributed by atoms with Gasteiger partial charge in [0.25, 0.3) is 5.91 Å². The van der Waals surface area contributed by atoms with Crippen LogP contribution in [0.25, 0.3) is 0 Å². The van der Waals surface area contributed by atoms with Crippen LogP contribution in [0.15, 0.2) is 57.6 Å². The van der Waals surface area contributed by atoms with Crippen LogP contribution in [-0.2, 0) is 6.54 Å². The highest BCUT2D eigenvalue weighted by Gasteiger charge is 2.11. The maximum Gasteiger partial charge on any atom is 0.270 e. The molecule has 0 unspecified atom stereocenters. The number of aryl methyl sites for hydroxylation is 1. The van der Waals surface area contributed by atoms with Crippen molar-refractivity contribution in [1.29, 1.82) is 0 Å². The van der Waals surface area contributed by atoms with Crippen molar-refractivity contribution < 1.29 is 9.21 Å². The predicted molar refractivity (Wildman–Crippen MR) is 94.1 cm³/mol. The number of hydrogen-bond acceptors (Lipinski definition) is 5. The summed E-state index contributed by atoms with van der Waals surface area (Å²) in [6.45, 7) is 2.13. The van der Waals surface area contributed by atoms with E-state index in [1.54, 1.807) is 24.5 Å². The van der Waals surface area contributed by atoms with E-state index in [1.165, 1.54) is 0 Å². The number of halogens is 1. The first-order chi connectivity index (χ1) is 11.6. The van der Waals surface area contributed by atoms with Crippen molar-refractivity contribution in [2.75, 3.05) is 5.32 Å². The number of nitrogens with one attached hydrogen (secondary N) is 2. The summed E-state index contributed by atoms with van der Waals surface area (Å²) in [6, 6.07) is 12.8. The number of aromatic nitrogens is 2. The van der Waals surface area contributed by atoms with Gasteiger partial charge >= 0.3 is 0 Å². The Morgan fingerprint density at radius 1 is 1.21 bits per heavy atom. The van der Waals surface area contributed by atoms with Crippen molar-refractivity contribution in [2.45, 2.75) is 13.5 Å². The molecule has 3 rings (SSSR count). The van der Waals surface area contributed by atoms with E-state index in [0.717, 1.165) is 10.2 Å². The van der Waals surface area contributed by atoms with Crippen molar-refractivity contribution in [2.24, 2.45) is 0 Å². The van der Waals surface area contributed by atoms with E-state index in [2.05, 4.69) is 36.5 Å². The third kappa shape index (κ3) is 4.20. The van der Waals surface area contributed by atoms with Crippen LogP contribution >= 0.6 is 15.9 Å². The summed E-state index contributed by atoms with van der Waals surface area (Å²) in [7, 11) is 0. The number of rotatable bonds is 5. The molecule has 24 heavy (non-hydrogen) atoms. The lowest BCUT2D eigenvalue weighted by atomic mass is 10.3. The molecular formula is C17H15BrN4O2. The Kier molecular flexibility index (Phi) is 4.90. The van der Waals surface area contributed by atoms with E-state index in [9.17, 15) is 4.79 Å². The van der Waals surface area contributed by atoms with E-state index in [-0.39, 0.29) is 5.91 Å². The maximum absolute atomic E-state index is 12.3. The van der Waals surface area contributed by atoms with E-state index in [1.807, 2.05) is 31.2 Å². The van der Waals surface area contributed by atoms with Crippen molar-refractivity contribution in [1.82, 2.24) is 15.3 Å². The second kappa shape index (κ2) is 7.27. The molecule has 0 spiro atoms. The minimum absolute atomic E-state index is 0.282. The van der Waals surface area contributed by atoms with Crippen LogP contribution in [0.3, 0.4) is 0 Å². The standard InChI is InChI=1S/C17H15BrN4O2/c1-11-9-15(16(23)19-10-14-3-2-8-24-14)22-17(20-11)21-13-6-4-12(18)5-7-13/h2-9H,10H2,1H3,(H,19,23)(H,20,21,22). The van der Waals surface area contributed by atoms with Gasteiger partial charge < -0.3 is 15.1 Å². The van der Waals surface area contributed by atoms with E-state index in [4.69, 9.17) is 4.42 Å². The molecule has 0 saturated carbocycles. The highest BCUT2D eigenvalue weighted by atomic mass is 79.9. The molecule has 0 radical (unpaired) electrons. The second-order valence-corrected chi connectivity index (χ2v) is 6.03. The zero-order chi connectivity index (χ0) is 16.9. The molecule has 0 bridgehead atoms. The Bertz CT molecular complexity index is 832. The second-order valence-electron chi connectivity index (χ2n) is 5.11. The van der Waals surface area contributed by atoms with Gasteiger partial charge in [0, 0.05) is 15.9 Å². The molecule has 0 atom stereocenters. The molecular weight excluding hydrogens is 372 g/mol. The van der Waals surface area contributed by atoms with Gasteiger partial charge in [-0.3, -0.25) is 4.79 Å². The quantitative estimate of drug-likeness (QED) is 0.696. The van der Waals surface area contributed by atoms with Crippen LogP contribution in [0.5, 0.6) is 0 Å². The lowest BCUT2D eigenvalue weighted by Gasteiger charge is -2.08. The number of anilines is 2. The van der Waals surface area contributed by atoms with Crippen LogP contribution in [-0.4, -0.2) is 15.9 Å². The Morgan fingerprint density at radius 3 is 2.71 bits per heavy atom. The first-order valence-electron chi connectivity index (χ1n) is 7.29. The average molecular weight is 387 g/mol. The summed E-state index contributed by atoms with van der Waals surface area (Å²) >= 11 is 3.39. The van der Waals surface area contributed by atoms with E-state index >= 15 is 0 Å². The van der Waals surface area contributed by atoms with Gasteiger partial charge in [-0.25, -0.2) is 9.97 Å². The number of hydrogen-bond donors (Lipinski definition) is 2. The molecule has 7 heteroatoms. The Balaban J connectivity index is 1.73. The molecule has 2 heterocycles. The number of amides is 1. The Morgan fingerprint density at radius 2 is 2.00 bits per heavy atom. The smallest absolute Gasteiger partial charge is 0.270 e. The van der Waals surface area contributed by atoms with Crippen LogP contribution in [0.1, 0.15) is 21.9 Å². The average Bonchev–Trinajstić information content (AvgIpc) is 3.08. The van der Waals surface area contributed by atoms with Gasteiger partial charge in [0.05, 0.1) is 12.8 Å². The number of nitrogens with zero attached hydrogens (tertiary/aromatic N) is 2. The van der Waals surface area contributed by atoms with Crippen molar-refractivity contribution in [3.05, 3.63) is 70.3 Å². The summed E-state index contributed by atoms with van der Waals surface area (Å²) in [4.78, 5) is 20.9. The van der Waals surface area contributed by atoms with Crippen LogP contribution in [0, 0.1) is 6.92 Å². The molecule has 0 fully saturated rings. The van der Waals surface area contributed by atoms with Gasteiger partial charge in [-0.15, -0.1) is 0 Å². The molecule has 1 amide bonds. The topological polar surface area (TPSA) is 80.0 Å². The summed E-state index contributed by atoms with van der Waals surface area (Å²) in [5.74, 6) is 0.776. The van der Waals surface area contributed by atoms with Crippen LogP contribution in [0.4, 0.5) is 11.6 Å². The fourth-order valence-corrected chi connectivity index (χ4v) is 2.34. The molecule has 1 aromatic carbocycles.